The van der Waals surface area contributed by atoms with E-state index in [2.05, 4.69) is 11.9 Å². The van der Waals surface area contributed by atoms with Crippen molar-refractivity contribution >= 4 is 11.5 Å². The molecule has 0 N–H and O–H groups in total. The van der Waals surface area contributed by atoms with Gasteiger partial charge in [0.1, 0.15) is 6.79 Å². The average Bonchev–Trinajstić information content (AvgIpc) is 2.79. The highest BCUT2D eigenvalue weighted by molar-refractivity contribution is 6.00. The maximum absolute atomic E-state index is 12.5. The SMILES string of the molecule is COCO[C@@H]1CC2CC(c3ccccc3)=C(C(=O)OC)C1N2C. The van der Waals surface area contributed by atoms with Crippen LogP contribution in [0.25, 0.3) is 5.57 Å². The summed E-state index contributed by atoms with van der Waals surface area (Å²) in [6, 6.07) is 10.3. The molecule has 124 valence electrons. The summed E-state index contributed by atoms with van der Waals surface area (Å²) in [5.74, 6) is -0.271. The largest absolute Gasteiger partial charge is 0.466 e. The van der Waals surface area contributed by atoms with E-state index in [1.165, 1.54) is 7.11 Å². The first-order valence-electron chi connectivity index (χ1n) is 7.86. The predicted octanol–water partition coefficient (Wildman–Crippen LogP) is 2.08. The molecule has 0 aliphatic carbocycles. The first-order chi connectivity index (χ1) is 11.2. The highest BCUT2D eigenvalue weighted by atomic mass is 16.7. The number of hydrogen-bond acceptors (Lipinski definition) is 5. The Balaban J connectivity index is 2.04. The number of hydrogen-bond donors (Lipinski definition) is 0. The number of carbonyl (C=O) groups is 1. The standard InChI is InChI=1S/C18H23NO4/c1-19-13-9-14(12-7-5-4-6-8-12)16(18(20)22-3)17(19)15(10-13)23-11-21-2/h4-8,13,15,17H,9-11H2,1-3H3/t13?,15-,17?/m1/s1. The molecule has 23 heavy (non-hydrogen) atoms. The van der Waals surface area contributed by atoms with Crippen molar-refractivity contribution in [1.82, 2.24) is 4.90 Å². The molecule has 1 aromatic carbocycles. The van der Waals surface area contributed by atoms with Gasteiger partial charge < -0.3 is 14.2 Å². The second-order valence-electron chi connectivity index (χ2n) is 6.07. The smallest absolute Gasteiger partial charge is 0.335 e. The van der Waals surface area contributed by atoms with Crippen molar-refractivity contribution in [2.45, 2.75) is 31.0 Å². The second-order valence-corrected chi connectivity index (χ2v) is 6.07. The van der Waals surface area contributed by atoms with Crippen molar-refractivity contribution in [3.63, 3.8) is 0 Å². The van der Waals surface area contributed by atoms with Crippen molar-refractivity contribution in [3.05, 3.63) is 41.5 Å². The summed E-state index contributed by atoms with van der Waals surface area (Å²) in [6.07, 6.45) is 1.66. The molecule has 2 aliphatic rings. The quantitative estimate of drug-likeness (QED) is 0.615. The normalized spacial score (nSPS) is 27.3. The van der Waals surface area contributed by atoms with Crippen LogP contribution >= 0.6 is 0 Å². The van der Waals surface area contributed by atoms with Gasteiger partial charge in [-0.1, -0.05) is 30.3 Å². The lowest BCUT2D eigenvalue weighted by atomic mass is 9.88. The van der Waals surface area contributed by atoms with Gasteiger partial charge in [-0.3, -0.25) is 4.90 Å². The van der Waals surface area contributed by atoms with Crippen molar-refractivity contribution in [3.8, 4) is 0 Å². The third-order valence-electron chi connectivity index (χ3n) is 4.86. The van der Waals surface area contributed by atoms with Gasteiger partial charge in [0.15, 0.2) is 0 Å². The zero-order valence-electron chi connectivity index (χ0n) is 13.8. The Morgan fingerprint density at radius 2 is 2.00 bits per heavy atom. The molecule has 0 spiro atoms. The number of rotatable bonds is 5. The van der Waals surface area contributed by atoms with Gasteiger partial charge in [0.2, 0.25) is 0 Å². The van der Waals surface area contributed by atoms with Gasteiger partial charge >= 0.3 is 5.97 Å². The molecule has 2 heterocycles. The second kappa shape index (κ2) is 6.83. The Kier molecular flexibility index (Phi) is 4.80. The fraction of sp³-hybridized carbons (Fsp3) is 0.500. The third kappa shape index (κ3) is 2.92. The van der Waals surface area contributed by atoms with Crippen molar-refractivity contribution < 1.29 is 19.0 Å². The van der Waals surface area contributed by atoms with Gasteiger partial charge in [0.05, 0.1) is 24.8 Å². The number of fused-ring (bicyclic) bond motifs is 2. The first-order valence-corrected chi connectivity index (χ1v) is 7.86. The summed E-state index contributed by atoms with van der Waals surface area (Å²) < 4.78 is 16.0. The molecular formula is C18H23NO4. The Labute approximate surface area is 136 Å². The van der Waals surface area contributed by atoms with Gasteiger partial charge in [0.25, 0.3) is 0 Å². The number of likely N-dealkylation sites (N-methyl/N-ethyl adjacent to an activating group) is 1. The molecule has 3 atom stereocenters. The molecule has 1 aromatic rings. The van der Waals surface area contributed by atoms with E-state index < -0.39 is 0 Å². The van der Waals surface area contributed by atoms with Crippen LogP contribution in [0.5, 0.6) is 0 Å². The van der Waals surface area contributed by atoms with Crippen LogP contribution in [0.2, 0.25) is 0 Å². The van der Waals surface area contributed by atoms with Crippen molar-refractivity contribution in [1.29, 1.82) is 0 Å². The summed E-state index contributed by atoms with van der Waals surface area (Å²) in [7, 11) is 5.09. The van der Waals surface area contributed by atoms with Gasteiger partial charge in [0, 0.05) is 13.2 Å². The topological polar surface area (TPSA) is 48.0 Å². The van der Waals surface area contributed by atoms with Crippen LogP contribution in [-0.2, 0) is 19.0 Å². The summed E-state index contributed by atoms with van der Waals surface area (Å²) in [6.45, 7) is 0.233. The van der Waals surface area contributed by atoms with Crippen LogP contribution in [-0.4, -0.2) is 57.1 Å². The van der Waals surface area contributed by atoms with Crippen LogP contribution in [0, 0.1) is 0 Å². The molecule has 2 bridgehead atoms. The number of benzene rings is 1. The van der Waals surface area contributed by atoms with Crippen molar-refractivity contribution in [2.75, 3.05) is 28.1 Å². The maximum Gasteiger partial charge on any atom is 0.335 e. The van der Waals surface area contributed by atoms with Gasteiger partial charge in [-0.15, -0.1) is 0 Å². The van der Waals surface area contributed by atoms with E-state index >= 15 is 0 Å². The molecule has 3 rings (SSSR count). The first kappa shape index (κ1) is 16.2. The average molecular weight is 317 g/mol. The van der Waals surface area contributed by atoms with E-state index in [0.717, 1.165) is 29.6 Å². The molecular weight excluding hydrogens is 294 g/mol. The molecule has 1 saturated heterocycles. The predicted molar refractivity (Wildman–Crippen MR) is 86.7 cm³/mol. The van der Waals surface area contributed by atoms with E-state index in [-0.39, 0.29) is 24.9 Å². The van der Waals surface area contributed by atoms with Gasteiger partial charge in [-0.25, -0.2) is 4.79 Å². The lowest BCUT2D eigenvalue weighted by Gasteiger charge is -2.35. The van der Waals surface area contributed by atoms with Gasteiger partial charge in [-0.05, 0) is 31.0 Å². The highest BCUT2D eigenvalue weighted by Gasteiger charge is 2.48. The van der Waals surface area contributed by atoms with Crippen LogP contribution in [0.15, 0.2) is 35.9 Å². The maximum atomic E-state index is 12.5. The monoisotopic (exact) mass is 317 g/mol. The Morgan fingerprint density at radius 1 is 1.26 bits per heavy atom. The van der Waals surface area contributed by atoms with Gasteiger partial charge in [-0.2, -0.15) is 0 Å². The molecule has 0 radical (unpaired) electrons. The zero-order valence-corrected chi connectivity index (χ0v) is 13.8. The Hall–Kier alpha value is -1.69. The van der Waals surface area contributed by atoms with Crippen LogP contribution in [0.4, 0.5) is 0 Å². The van der Waals surface area contributed by atoms with Crippen LogP contribution in [0.1, 0.15) is 18.4 Å². The summed E-state index contributed by atoms with van der Waals surface area (Å²) in [5, 5.41) is 0. The van der Waals surface area contributed by atoms with E-state index in [1.54, 1.807) is 7.11 Å². The lowest BCUT2D eigenvalue weighted by Crippen LogP contribution is -2.44. The zero-order chi connectivity index (χ0) is 16.4. The fourth-order valence-corrected chi connectivity index (χ4v) is 3.77. The molecule has 0 saturated carbocycles. The van der Waals surface area contributed by atoms with E-state index in [0.29, 0.717) is 6.04 Å². The van der Waals surface area contributed by atoms with Crippen LogP contribution in [0.3, 0.4) is 0 Å². The van der Waals surface area contributed by atoms with Crippen LogP contribution < -0.4 is 0 Å². The number of carbonyl (C=O) groups excluding carboxylic acids is 1. The van der Waals surface area contributed by atoms with E-state index in [4.69, 9.17) is 14.2 Å². The van der Waals surface area contributed by atoms with E-state index in [1.807, 2.05) is 30.3 Å². The number of nitrogens with zero attached hydrogens (tertiary/aromatic N) is 1. The highest BCUT2D eigenvalue weighted by Crippen LogP contribution is 2.43. The number of methoxy groups -OCH3 is 2. The number of esters is 1. The molecule has 2 unspecified atom stereocenters. The molecule has 5 nitrogen and oxygen atoms in total. The number of ether oxygens (including phenoxy) is 3. The molecule has 0 aromatic heterocycles. The summed E-state index contributed by atoms with van der Waals surface area (Å²) in [5.41, 5.74) is 2.88. The fourth-order valence-electron chi connectivity index (χ4n) is 3.77. The Bertz CT molecular complexity index is 598. The van der Waals surface area contributed by atoms with Crippen molar-refractivity contribution in [2.24, 2.45) is 0 Å². The minimum absolute atomic E-state index is 0.0553. The molecule has 1 fully saturated rings. The lowest BCUT2D eigenvalue weighted by molar-refractivity contribution is -0.138. The summed E-state index contributed by atoms with van der Waals surface area (Å²) >= 11 is 0. The molecule has 2 aliphatic heterocycles. The Morgan fingerprint density at radius 3 is 2.65 bits per heavy atom. The van der Waals surface area contributed by atoms with E-state index in [9.17, 15) is 4.79 Å². The summed E-state index contributed by atoms with van der Waals surface area (Å²) in [4.78, 5) is 14.7. The minimum Gasteiger partial charge on any atom is -0.466 e. The minimum atomic E-state index is -0.271. The third-order valence-corrected chi connectivity index (χ3v) is 4.86. The molecule has 5 heteroatoms. The molecule has 0 amide bonds.